The molecule has 0 aliphatic carbocycles. The minimum Gasteiger partial charge on any atom is -0.455 e. The number of carbonyl (C=O) groups is 5. The van der Waals surface area contributed by atoms with E-state index in [4.69, 9.17) is 23.7 Å². The fraction of sp³-hybridized carbons (Fsp3) is 0.450. The predicted octanol–water partition coefficient (Wildman–Crippen LogP) is 0.708. The molecular weight excluding hydrogens is 414 g/mol. The summed E-state index contributed by atoms with van der Waals surface area (Å²) in [5, 5.41) is 2.57. The SMILES string of the molecule is CC(=O)O[C@@H]1O[C@H](C(=O)Nc2ccccc2)[C@@H](OC(C)=O)[C@H](OC(C)=O)[C@H]1OC(C)=O. The van der Waals surface area contributed by atoms with E-state index in [-0.39, 0.29) is 0 Å². The molecule has 0 unspecified atom stereocenters. The number of hydrogen-bond donors (Lipinski definition) is 1. The highest BCUT2D eigenvalue weighted by Gasteiger charge is 2.55. The quantitative estimate of drug-likeness (QED) is 0.499. The Morgan fingerprint density at radius 2 is 1.19 bits per heavy atom. The minimum atomic E-state index is -1.61. The molecule has 1 fully saturated rings. The van der Waals surface area contributed by atoms with Gasteiger partial charge in [0.05, 0.1) is 0 Å². The summed E-state index contributed by atoms with van der Waals surface area (Å²) in [6, 6.07) is 8.32. The molecule has 1 aliphatic rings. The zero-order chi connectivity index (χ0) is 23.1. The van der Waals surface area contributed by atoms with Crippen LogP contribution in [0.25, 0.3) is 0 Å². The summed E-state index contributed by atoms with van der Waals surface area (Å²) in [6.07, 6.45) is -7.65. The summed E-state index contributed by atoms with van der Waals surface area (Å²) < 4.78 is 26.2. The lowest BCUT2D eigenvalue weighted by Crippen LogP contribution is -2.64. The number of nitrogens with one attached hydrogen (secondary N) is 1. The highest BCUT2D eigenvalue weighted by molar-refractivity contribution is 5.95. The number of amides is 1. The van der Waals surface area contributed by atoms with Crippen LogP contribution in [-0.2, 0) is 47.7 Å². The van der Waals surface area contributed by atoms with Gasteiger partial charge in [0.1, 0.15) is 0 Å². The van der Waals surface area contributed by atoms with Gasteiger partial charge < -0.3 is 29.0 Å². The monoisotopic (exact) mass is 437 g/mol. The zero-order valence-electron chi connectivity index (χ0n) is 17.4. The third-order valence-corrected chi connectivity index (χ3v) is 3.98. The molecule has 2 rings (SSSR count). The van der Waals surface area contributed by atoms with Crippen LogP contribution >= 0.6 is 0 Å². The van der Waals surface area contributed by atoms with Crippen molar-refractivity contribution in [3.8, 4) is 0 Å². The van der Waals surface area contributed by atoms with Crippen LogP contribution in [-0.4, -0.2) is 60.5 Å². The van der Waals surface area contributed by atoms with Crippen LogP contribution in [0.1, 0.15) is 27.7 Å². The summed E-state index contributed by atoms with van der Waals surface area (Å²) >= 11 is 0. The molecule has 1 N–H and O–H groups in total. The van der Waals surface area contributed by atoms with E-state index in [0.29, 0.717) is 5.69 Å². The smallest absolute Gasteiger partial charge is 0.305 e. The number of esters is 4. The first-order chi connectivity index (χ1) is 14.6. The van der Waals surface area contributed by atoms with E-state index < -0.39 is 60.5 Å². The van der Waals surface area contributed by atoms with E-state index in [0.717, 1.165) is 27.7 Å². The van der Waals surface area contributed by atoms with Gasteiger partial charge >= 0.3 is 23.9 Å². The van der Waals surface area contributed by atoms with Crippen molar-refractivity contribution < 1.29 is 47.7 Å². The van der Waals surface area contributed by atoms with Crippen molar-refractivity contribution in [2.24, 2.45) is 0 Å². The topological polar surface area (TPSA) is 144 Å². The Morgan fingerprint density at radius 3 is 1.71 bits per heavy atom. The summed E-state index contributed by atoms with van der Waals surface area (Å²) in [5.74, 6) is -4.01. The second kappa shape index (κ2) is 10.5. The van der Waals surface area contributed by atoms with Gasteiger partial charge in [-0.05, 0) is 12.1 Å². The van der Waals surface area contributed by atoms with Crippen molar-refractivity contribution in [3.63, 3.8) is 0 Å². The maximum absolute atomic E-state index is 12.9. The van der Waals surface area contributed by atoms with E-state index >= 15 is 0 Å². The zero-order valence-corrected chi connectivity index (χ0v) is 17.4. The molecule has 1 aromatic rings. The summed E-state index contributed by atoms with van der Waals surface area (Å²) in [7, 11) is 0. The minimum absolute atomic E-state index is 0.410. The van der Waals surface area contributed by atoms with Crippen molar-refractivity contribution in [2.45, 2.75) is 58.4 Å². The largest absolute Gasteiger partial charge is 0.455 e. The fourth-order valence-corrected chi connectivity index (χ4v) is 2.98. The van der Waals surface area contributed by atoms with Gasteiger partial charge in [0.25, 0.3) is 5.91 Å². The summed E-state index contributed by atoms with van der Waals surface area (Å²) in [4.78, 5) is 59.5. The van der Waals surface area contributed by atoms with Gasteiger partial charge in [-0.2, -0.15) is 0 Å². The van der Waals surface area contributed by atoms with Crippen LogP contribution in [0.5, 0.6) is 0 Å². The summed E-state index contributed by atoms with van der Waals surface area (Å²) in [5.41, 5.74) is 0.410. The molecule has 1 aliphatic heterocycles. The number of hydrogen-bond acceptors (Lipinski definition) is 10. The lowest BCUT2D eigenvalue weighted by molar-refractivity contribution is -0.289. The number of rotatable bonds is 6. The van der Waals surface area contributed by atoms with Crippen LogP contribution in [0.3, 0.4) is 0 Å². The number of para-hydroxylation sites is 1. The van der Waals surface area contributed by atoms with Gasteiger partial charge in [0.2, 0.25) is 12.4 Å². The Hall–Kier alpha value is -3.47. The highest BCUT2D eigenvalue weighted by atomic mass is 16.7. The molecule has 31 heavy (non-hydrogen) atoms. The maximum Gasteiger partial charge on any atom is 0.305 e. The fourth-order valence-electron chi connectivity index (χ4n) is 2.98. The Morgan fingerprint density at radius 1 is 0.710 bits per heavy atom. The van der Waals surface area contributed by atoms with Crippen LogP contribution in [0.2, 0.25) is 0 Å². The molecule has 0 saturated carbocycles. The van der Waals surface area contributed by atoms with Crippen molar-refractivity contribution in [2.75, 3.05) is 5.32 Å². The van der Waals surface area contributed by atoms with Crippen LogP contribution < -0.4 is 5.32 Å². The molecule has 11 heteroatoms. The van der Waals surface area contributed by atoms with E-state index in [1.165, 1.54) is 0 Å². The predicted molar refractivity (Wildman–Crippen MR) is 102 cm³/mol. The van der Waals surface area contributed by atoms with Crippen LogP contribution in [0.4, 0.5) is 5.69 Å². The molecule has 168 valence electrons. The van der Waals surface area contributed by atoms with Crippen molar-refractivity contribution in [3.05, 3.63) is 30.3 Å². The first-order valence-corrected chi connectivity index (χ1v) is 9.28. The number of anilines is 1. The molecule has 0 radical (unpaired) electrons. The second-order valence-corrected chi connectivity index (χ2v) is 6.61. The Labute approximate surface area is 177 Å². The first-order valence-electron chi connectivity index (χ1n) is 9.28. The molecule has 0 spiro atoms. The van der Waals surface area contributed by atoms with Gasteiger partial charge in [0, 0.05) is 33.4 Å². The maximum atomic E-state index is 12.9. The van der Waals surface area contributed by atoms with Gasteiger partial charge in [-0.1, -0.05) is 18.2 Å². The molecular formula is C20H23NO10. The van der Waals surface area contributed by atoms with E-state index in [1.807, 2.05) is 0 Å². The molecule has 1 heterocycles. The molecule has 1 amide bonds. The molecule has 1 saturated heterocycles. The standard InChI is InChI=1S/C20H23NO10/c1-10(22)27-15-16(28-11(2)23)18(29-12(3)24)20(30-13(4)25)31-17(15)19(26)21-14-8-6-5-7-9-14/h5-9,15-18,20H,1-4H3,(H,21,26)/t15-,16-,17-,18+,20+/m0/s1. The lowest BCUT2D eigenvalue weighted by Gasteiger charge is -2.43. The van der Waals surface area contributed by atoms with Crippen molar-refractivity contribution in [1.82, 2.24) is 0 Å². The summed E-state index contributed by atoms with van der Waals surface area (Å²) in [6.45, 7) is 4.30. The third kappa shape index (κ3) is 6.78. The lowest BCUT2D eigenvalue weighted by atomic mass is 9.97. The Bertz CT molecular complexity index is 840. The molecule has 1 aromatic carbocycles. The number of benzene rings is 1. The third-order valence-electron chi connectivity index (χ3n) is 3.98. The van der Waals surface area contributed by atoms with E-state index in [2.05, 4.69) is 5.32 Å². The van der Waals surface area contributed by atoms with Gasteiger partial charge in [0.15, 0.2) is 18.3 Å². The first kappa shape index (κ1) is 23.8. The normalized spacial score (nSPS) is 25.0. The van der Waals surface area contributed by atoms with Gasteiger partial charge in [-0.25, -0.2) is 0 Å². The molecule has 0 aromatic heterocycles. The van der Waals surface area contributed by atoms with Crippen LogP contribution in [0, 0.1) is 0 Å². The van der Waals surface area contributed by atoms with E-state index in [9.17, 15) is 24.0 Å². The average Bonchev–Trinajstić information content (AvgIpc) is 2.65. The molecule has 5 atom stereocenters. The number of carbonyl (C=O) groups excluding carboxylic acids is 5. The Balaban J connectivity index is 2.45. The van der Waals surface area contributed by atoms with E-state index in [1.54, 1.807) is 30.3 Å². The average molecular weight is 437 g/mol. The number of ether oxygens (including phenoxy) is 5. The second-order valence-electron chi connectivity index (χ2n) is 6.61. The van der Waals surface area contributed by atoms with Gasteiger partial charge in [-0.15, -0.1) is 0 Å². The highest BCUT2D eigenvalue weighted by Crippen LogP contribution is 2.30. The van der Waals surface area contributed by atoms with Crippen molar-refractivity contribution >= 4 is 35.5 Å². The molecule has 11 nitrogen and oxygen atoms in total. The molecule has 0 bridgehead atoms. The Kier molecular flexibility index (Phi) is 8.08. The van der Waals surface area contributed by atoms with Gasteiger partial charge in [-0.3, -0.25) is 24.0 Å². The van der Waals surface area contributed by atoms with Crippen molar-refractivity contribution in [1.29, 1.82) is 0 Å². The van der Waals surface area contributed by atoms with Crippen LogP contribution in [0.15, 0.2) is 30.3 Å².